The topological polar surface area (TPSA) is 113 Å². The number of carbonyl (C=O) groups excluding carboxylic acids is 1. The highest BCUT2D eigenvalue weighted by Gasteiger charge is 2.28. The Labute approximate surface area is 105 Å². The van der Waals surface area contributed by atoms with E-state index in [-0.39, 0.29) is 12.3 Å². The van der Waals surface area contributed by atoms with E-state index in [0.717, 1.165) is 0 Å². The fraction of sp³-hybridized carbons (Fsp3) is 0.778. The molecular weight excluding hydrogens is 265 g/mol. The van der Waals surface area contributed by atoms with Gasteiger partial charge in [0.05, 0.1) is 34.4 Å². The summed E-state index contributed by atoms with van der Waals surface area (Å²) in [5.41, 5.74) is 0. The second kappa shape index (κ2) is 7.01. The Morgan fingerprint density at radius 1 is 1.44 bits per heavy atom. The summed E-state index contributed by atoms with van der Waals surface area (Å²) in [5, 5.41) is 17.4. The Hall–Kier alpha value is -0.720. The summed E-state index contributed by atoms with van der Waals surface area (Å²) in [6, 6.07) is 0. The molecule has 9 heteroatoms. The molecule has 2 atom stereocenters. The number of aliphatic hydroxyl groups excluding tert-OH is 2. The van der Waals surface area contributed by atoms with E-state index >= 15 is 0 Å². The summed E-state index contributed by atoms with van der Waals surface area (Å²) in [6.45, 7) is -1.14. The molecule has 0 aliphatic rings. The predicted molar refractivity (Wildman–Crippen MR) is 62.1 cm³/mol. The van der Waals surface area contributed by atoms with Crippen LogP contribution in [-0.4, -0.2) is 72.5 Å². The van der Waals surface area contributed by atoms with Gasteiger partial charge >= 0.3 is 7.82 Å². The second-order valence-corrected chi connectivity index (χ2v) is 6.04. The van der Waals surface area contributed by atoms with Crippen LogP contribution in [0.2, 0.25) is 0 Å². The molecule has 0 rings (SSSR count). The Bertz CT molecular complexity index is 358. The monoisotopic (exact) mass is 284 g/mol. The number of aliphatic hydroxyl groups is 2. The van der Waals surface area contributed by atoms with Crippen LogP contribution in [0, 0.1) is 0 Å². The highest BCUT2D eigenvalue weighted by atomic mass is 31.2. The third-order valence-corrected chi connectivity index (χ3v) is 2.52. The summed E-state index contributed by atoms with van der Waals surface area (Å²) >= 11 is 0. The van der Waals surface area contributed by atoms with Crippen LogP contribution in [0.1, 0.15) is 0 Å². The maximum atomic E-state index is 11.4. The summed E-state index contributed by atoms with van der Waals surface area (Å²) < 4.78 is 20.6. The van der Waals surface area contributed by atoms with Crippen molar-refractivity contribution in [2.75, 3.05) is 40.9 Å². The van der Waals surface area contributed by atoms with Crippen molar-refractivity contribution in [1.82, 2.24) is 0 Å². The van der Waals surface area contributed by atoms with Crippen LogP contribution >= 0.6 is 7.82 Å². The van der Waals surface area contributed by atoms with Crippen LogP contribution in [0.3, 0.4) is 0 Å². The lowest BCUT2D eigenvalue weighted by Gasteiger charge is -2.24. The number of nitrogens with zero attached hydrogens (tertiary/aromatic N) is 1. The molecule has 0 spiro atoms. The van der Waals surface area contributed by atoms with Crippen LogP contribution < -0.4 is 0 Å². The second-order valence-electron chi connectivity index (χ2n) is 4.67. The largest absolute Gasteiger partial charge is 0.528 e. The number of likely N-dealkylation sites (N-methyl/N-ethyl adjacent to an activating group) is 1. The molecule has 0 aliphatic carbocycles. The van der Waals surface area contributed by atoms with Gasteiger partial charge in [0, 0.05) is 0 Å². The first kappa shape index (κ1) is 17.3. The number of rotatable bonds is 8. The molecule has 0 aromatic carbocycles. The predicted octanol–water partition coefficient (Wildman–Crippen LogP) is -1.11. The van der Waals surface area contributed by atoms with Crippen LogP contribution in [0.5, 0.6) is 0 Å². The van der Waals surface area contributed by atoms with Gasteiger partial charge in [-0.3, -0.25) is 9.42 Å². The zero-order valence-electron chi connectivity index (χ0n) is 10.6. The minimum atomic E-state index is -4.50. The molecule has 18 heavy (non-hydrogen) atoms. The zero-order valence-corrected chi connectivity index (χ0v) is 11.5. The molecule has 0 aromatic heterocycles. The smallest absolute Gasteiger partial charge is 0.394 e. The molecule has 0 bridgehead atoms. The van der Waals surface area contributed by atoms with Gasteiger partial charge in [0.2, 0.25) is 5.76 Å². The van der Waals surface area contributed by atoms with Gasteiger partial charge in [0.25, 0.3) is 0 Å². The van der Waals surface area contributed by atoms with Crippen LogP contribution in [0.25, 0.3) is 0 Å². The van der Waals surface area contributed by atoms with Gasteiger partial charge in [-0.25, -0.2) is 9.36 Å². The van der Waals surface area contributed by atoms with Crippen molar-refractivity contribution >= 4 is 13.8 Å². The van der Waals surface area contributed by atoms with Gasteiger partial charge in [0.15, 0.2) is 5.94 Å². The van der Waals surface area contributed by atoms with Crippen molar-refractivity contribution in [3.63, 3.8) is 0 Å². The maximum Gasteiger partial charge on any atom is 0.528 e. The molecule has 0 saturated heterocycles. The van der Waals surface area contributed by atoms with Gasteiger partial charge < -0.3 is 19.2 Å². The minimum Gasteiger partial charge on any atom is -0.394 e. The molecule has 8 nitrogen and oxygen atoms in total. The highest BCUT2D eigenvalue weighted by molar-refractivity contribution is 7.47. The quantitative estimate of drug-likeness (QED) is 0.224. The molecule has 0 aliphatic heterocycles. The first-order valence-electron chi connectivity index (χ1n) is 5.10. The van der Waals surface area contributed by atoms with Crippen LogP contribution in [0.4, 0.5) is 0 Å². The molecule has 0 aromatic rings. The van der Waals surface area contributed by atoms with E-state index in [0.29, 0.717) is 4.48 Å². The molecule has 1 unspecified atom stereocenters. The first-order chi connectivity index (χ1) is 8.09. The highest BCUT2D eigenvalue weighted by Crippen LogP contribution is 2.45. The molecular formula is C9H19NO7P+. The van der Waals surface area contributed by atoms with E-state index in [2.05, 4.69) is 9.05 Å². The molecule has 0 amide bonds. The summed E-state index contributed by atoms with van der Waals surface area (Å²) in [4.78, 5) is 19.8. The van der Waals surface area contributed by atoms with E-state index in [1.807, 2.05) is 0 Å². The third-order valence-electron chi connectivity index (χ3n) is 1.60. The van der Waals surface area contributed by atoms with Gasteiger partial charge in [-0.15, -0.1) is 0 Å². The number of hydrogen-bond acceptors (Lipinski definition) is 6. The van der Waals surface area contributed by atoms with Gasteiger partial charge in [0.1, 0.15) is 12.6 Å². The third kappa shape index (κ3) is 8.38. The lowest BCUT2D eigenvalue weighted by molar-refractivity contribution is -0.866. The van der Waals surface area contributed by atoms with Crippen molar-refractivity contribution in [3.05, 3.63) is 5.76 Å². The molecule has 0 fully saturated rings. The standard InChI is InChI=1S/C9H18NO7P/c1-10(2,3)4-9(6-12)17-18(14,15)16-7-8(13)5-11/h8,11,13H,4-5,7H2,1-3H3/p+1/t8-/m1/s1. The Morgan fingerprint density at radius 2 is 2.00 bits per heavy atom. The van der Waals surface area contributed by atoms with Crippen molar-refractivity contribution < 1.29 is 38.0 Å². The fourth-order valence-corrected chi connectivity index (χ4v) is 1.70. The number of hydrogen-bond donors (Lipinski definition) is 3. The van der Waals surface area contributed by atoms with Crippen LogP contribution in [-0.2, 0) is 18.4 Å². The summed E-state index contributed by atoms with van der Waals surface area (Å²) in [7, 11) is 0.749. The van der Waals surface area contributed by atoms with E-state index in [9.17, 15) is 14.3 Å². The normalized spacial score (nSPS) is 16.6. The average Bonchev–Trinajstić information content (AvgIpc) is 2.22. The van der Waals surface area contributed by atoms with Gasteiger partial charge in [-0.1, -0.05) is 0 Å². The lowest BCUT2D eigenvalue weighted by Crippen LogP contribution is -2.36. The Morgan fingerprint density at radius 3 is 2.39 bits per heavy atom. The molecule has 0 heterocycles. The molecule has 3 N–H and O–H groups in total. The fourth-order valence-electron chi connectivity index (χ4n) is 0.909. The maximum absolute atomic E-state index is 11.4. The summed E-state index contributed by atoms with van der Waals surface area (Å²) in [6.07, 6.45) is -1.30. The van der Waals surface area contributed by atoms with Gasteiger partial charge in [-0.05, 0) is 0 Å². The number of phosphoric ester groups is 1. The number of quaternary nitrogens is 1. The zero-order chi connectivity index (χ0) is 14.4. The SMILES string of the molecule is C[N+](C)(C)CC(=C=O)OP(=O)(O)OC[C@H](O)CO. The molecule has 0 radical (unpaired) electrons. The van der Waals surface area contributed by atoms with Crippen molar-refractivity contribution in [2.24, 2.45) is 0 Å². The van der Waals surface area contributed by atoms with Crippen molar-refractivity contribution in [1.29, 1.82) is 0 Å². The van der Waals surface area contributed by atoms with Crippen molar-refractivity contribution in [3.8, 4) is 0 Å². The minimum absolute atomic E-state index is 0.0555. The van der Waals surface area contributed by atoms with E-state index in [1.165, 1.54) is 5.94 Å². The van der Waals surface area contributed by atoms with Crippen molar-refractivity contribution in [2.45, 2.75) is 6.10 Å². The van der Waals surface area contributed by atoms with E-state index in [1.54, 1.807) is 21.1 Å². The Balaban J connectivity index is 4.46. The Kier molecular flexibility index (Phi) is 6.73. The van der Waals surface area contributed by atoms with Gasteiger partial charge in [-0.2, -0.15) is 0 Å². The van der Waals surface area contributed by atoms with E-state index < -0.39 is 27.1 Å². The average molecular weight is 284 g/mol. The molecule has 0 saturated carbocycles. The first-order valence-corrected chi connectivity index (χ1v) is 6.59. The number of phosphoric acid groups is 1. The van der Waals surface area contributed by atoms with E-state index in [4.69, 9.17) is 10.2 Å². The molecule has 106 valence electrons. The lowest BCUT2D eigenvalue weighted by atomic mass is 10.4. The summed E-state index contributed by atoms with van der Waals surface area (Å²) in [5.74, 6) is 1.07. The van der Waals surface area contributed by atoms with Crippen LogP contribution in [0.15, 0.2) is 5.76 Å².